The molecule has 6 heteroatoms. The van der Waals surface area contributed by atoms with Crippen molar-refractivity contribution in [2.45, 2.75) is 13.8 Å². The summed E-state index contributed by atoms with van der Waals surface area (Å²) in [4.78, 5) is 28.5. The fourth-order valence-electron chi connectivity index (χ4n) is 3.38. The molecule has 3 rings (SSSR count). The summed E-state index contributed by atoms with van der Waals surface area (Å²) in [6, 6.07) is 15.3. The van der Waals surface area contributed by atoms with Crippen molar-refractivity contribution < 1.29 is 14.3 Å². The molecular formula is C24H29N3O3. The Labute approximate surface area is 178 Å². The van der Waals surface area contributed by atoms with Crippen molar-refractivity contribution >= 4 is 29.3 Å². The minimum absolute atomic E-state index is 0.0400. The van der Waals surface area contributed by atoms with Gasteiger partial charge >= 0.3 is 0 Å². The molecule has 2 aromatic rings. The van der Waals surface area contributed by atoms with Crippen LogP contribution in [0.1, 0.15) is 19.4 Å². The molecule has 158 valence electrons. The van der Waals surface area contributed by atoms with Crippen molar-refractivity contribution in [3.8, 4) is 5.75 Å². The first-order valence-electron chi connectivity index (χ1n) is 10.2. The molecule has 0 atom stereocenters. The summed E-state index contributed by atoms with van der Waals surface area (Å²) in [6.07, 6.45) is 3.28. The van der Waals surface area contributed by atoms with E-state index in [9.17, 15) is 9.59 Å². The highest BCUT2D eigenvalue weighted by molar-refractivity contribution is 6.02. The Hall–Kier alpha value is -3.28. The van der Waals surface area contributed by atoms with Crippen LogP contribution < -0.4 is 15.0 Å². The van der Waals surface area contributed by atoms with Crippen LogP contribution in [0.3, 0.4) is 0 Å². The van der Waals surface area contributed by atoms with E-state index in [1.807, 2.05) is 67.3 Å². The SMILES string of the molecule is COc1ccc(/C=C/C(=O)Nc2ccc(N3CCN(C(=O)C(C)C)CC3)cc2)cc1. The largest absolute Gasteiger partial charge is 0.497 e. The van der Waals surface area contributed by atoms with Crippen molar-refractivity contribution in [1.82, 2.24) is 4.90 Å². The van der Waals surface area contributed by atoms with E-state index < -0.39 is 0 Å². The molecule has 2 amide bonds. The summed E-state index contributed by atoms with van der Waals surface area (Å²) in [5, 5.41) is 2.88. The third kappa shape index (κ3) is 5.63. The number of benzene rings is 2. The second kappa shape index (κ2) is 9.96. The second-order valence-electron chi connectivity index (χ2n) is 7.61. The molecule has 0 unspecified atom stereocenters. The number of hydrogen-bond acceptors (Lipinski definition) is 4. The third-order valence-electron chi connectivity index (χ3n) is 5.13. The van der Waals surface area contributed by atoms with Crippen LogP contribution in [0, 0.1) is 5.92 Å². The molecule has 1 heterocycles. The quantitative estimate of drug-likeness (QED) is 0.743. The van der Waals surface area contributed by atoms with Gasteiger partial charge in [0.2, 0.25) is 11.8 Å². The van der Waals surface area contributed by atoms with E-state index in [2.05, 4.69) is 10.2 Å². The van der Waals surface area contributed by atoms with Gasteiger partial charge in [0.25, 0.3) is 0 Å². The van der Waals surface area contributed by atoms with Crippen molar-refractivity contribution in [3.05, 3.63) is 60.2 Å². The molecule has 0 aliphatic carbocycles. The number of ether oxygens (including phenoxy) is 1. The maximum atomic E-state index is 12.2. The third-order valence-corrected chi connectivity index (χ3v) is 5.13. The van der Waals surface area contributed by atoms with Gasteiger partial charge in [-0.1, -0.05) is 26.0 Å². The molecule has 1 saturated heterocycles. The van der Waals surface area contributed by atoms with Crippen molar-refractivity contribution in [1.29, 1.82) is 0 Å². The monoisotopic (exact) mass is 407 g/mol. The van der Waals surface area contributed by atoms with Gasteiger partial charge in [-0.3, -0.25) is 9.59 Å². The van der Waals surface area contributed by atoms with E-state index in [1.54, 1.807) is 13.2 Å². The Balaban J connectivity index is 1.51. The van der Waals surface area contributed by atoms with Crippen LogP contribution in [-0.4, -0.2) is 50.0 Å². The molecule has 6 nitrogen and oxygen atoms in total. The highest BCUT2D eigenvalue weighted by Crippen LogP contribution is 2.20. The average Bonchev–Trinajstić information content (AvgIpc) is 2.78. The number of nitrogens with one attached hydrogen (secondary N) is 1. The molecule has 1 aliphatic heterocycles. The van der Waals surface area contributed by atoms with Crippen LogP contribution >= 0.6 is 0 Å². The summed E-state index contributed by atoms with van der Waals surface area (Å²) in [7, 11) is 1.62. The van der Waals surface area contributed by atoms with Crippen molar-refractivity contribution in [3.63, 3.8) is 0 Å². The number of piperazine rings is 1. The summed E-state index contributed by atoms with van der Waals surface area (Å²) in [5.74, 6) is 0.859. The fraction of sp³-hybridized carbons (Fsp3) is 0.333. The van der Waals surface area contributed by atoms with Crippen LogP contribution in [0.2, 0.25) is 0 Å². The topological polar surface area (TPSA) is 61.9 Å². The van der Waals surface area contributed by atoms with Crippen molar-refractivity contribution in [2.24, 2.45) is 5.92 Å². The van der Waals surface area contributed by atoms with Gasteiger partial charge in [0, 0.05) is 49.5 Å². The van der Waals surface area contributed by atoms with E-state index in [-0.39, 0.29) is 17.7 Å². The standard InChI is InChI=1S/C24H29N3O3/c1-18(2)24(29)27-16-14-26(15-17-27)21-9-7-20(8-10-21)25-23(28)13-6-19-4-11-22(30-3)12-5-19/h4-13,18H,14-17H2,1-3H3,(H,25,28)/b13-6+. The summed E-state index contributed by atoms with van der Waals surface area (Å²) in [5.41, 5.74) is 2.77. The Kier molecular flexibility index (Phi) is 7.12. The molecule has 0 saturated carbocycles. The maximum absolute atomic E-state index is 12.2. The van der Waals surface area contributed by atoms with Crippen LogP contribution in [0.5, 0.6) is 5.75 Å². The molecule has 1 N–H and O–H groups in total. The first-order chi connectivity index (χ1) is 14.5. The van der Waals surface area contributed by atoms with Gasteiger partial charge in [0.15, 0.2) is 0 Å². The van der Waals surface area contributed by atoms with Gasteiger partial charge in [-0.05, 0) is 48.0 Å². The molecule has 0 bridgehead atoms. The van der Waals surface area contributed by atoms with Crippen LogP contribution in [0.4, 0.5) is 11.4 Å². The zero-order chi connectivity index (χ0) is 21.5. The van der Waals surface area contributed by atoms with Gasteiger partial charge in [0.1, 0.15) is 5.75 Å². The smallest absolute Gasteiger partial charge is 0.248 e. The number of carbonyl (C=O) groups is 2. The van der Waals surface area contributed by atoms with Gasteiger partial charge in [-0.15, -0.1) is 0 Å². The molecule has 1 fully saturated rings. The number of amides is 2. The molecule has 30 heavy (non-hydrogen) atoms. The lowest BCUT2D eigenvalue weighted by molar-refractivity contribution is -0.134. The number of hydrogen-bond donors (Lipinski definition) is 1. The Morgan fingerprint density at radius 1 is 0.967 bits per heavy atom. The van der Waals surface area contributed by atoms with Gasteiger partial charge in [0.05, 0.1) is 7.11 Å². The maximum Gasteiger partial charge on any atom is 0.248 e. The number of rotatable bonds is 6. The first-order valence-corrected chi connectivity index (χ1v) is 10.2. The van der Waals surface area contributed by atoms with Crippen molar-refractivity contribution in [2.75, 3.05) is 43.5 Å². The Bertz CT molecular complexity index is 881. The number of methoxy groups -OCH3 is 1. The minimum Gasteiger partial charge on any atom is -0.497 e. The summed E-state index contributed by atoms with van der Waals surface area (Å²) >= 11 is 0. The Morgan fingerprint density at radius 2 is 1.60 bits per heavy atom. The highest BCUT2D eigenvalue weighted by Gasteiger charge is 2.22. The number of anilines is 2. The van der Waals surface area contributed by atoms with Gasteiger partial charge < -0.3 is 19.9 Å². The molecule has 0 spiro atoms. The predicted octanol–water partition coefficient (Wildman–Crippen LogP) is 3.65. The zero-order valence-electron chi connectivity index (χ0n) is 17.8. The van der Waals surface area contributed by atoms with Crippen LogP contribution in [0.15, 0.2) is 54.6 Å². The summed E-state index contributed by atoms with van der Waals surface area (Å²) in [6.45, 7) is 6.99. The van der Waals surface area contributed by atoms with E-state index >= 15 is 0 Å². The second-order valence-corrected chi connectivity index (χ2v) is 7.61. The first kappa shape index (κ1) is 21.4. The lowest BCUT2D eigenvalue weighted by Gasteiger charge is -2.37. The zero-order valence-corrected chi connectivity index (χ0v) is 17.8. The van der Waals surface area contributed by atoms with E-state index in [0.29, 0.717) is 0 Å². The van der Waals surface area contributed by atoms with E-state index in [4.69, 9.17) is 4.74 Å². The van der Waals surface area contributed by atoms with Gasteiger partial charge in [-0.2, -0.15) is 0 Å². The van der Waals surface area contributed by atoms with E-state index in [1.165, 1.54) is 6.08 Å². The van der Waals surface area contributed by atoms with Crippen LogP contribution in [0.25, 0.3) is 6.08 Å². The molecule has 2 aromatic carbocycles. The Morgan fingerprint density at radius 3 is 2.17 bits per heavy atom. The molecular weight excluding hydrogens is 378 g/mol. The lowest BCUT2D eigenvalue weighted by atomic mass is 10.1. The minimum atomic E-state index is -0.181. The van der Waals surface area contributed by atoms with Gasteiger partial charge in [-0.25, -0.2) is 0 Å². The fourth-order valence-corrected chi connectivity index (χ4v) is 3.38. The van der Waals surface area contributed by atoms with E-state index in [0.717, 1.165) is 48.9 Å². The number of nitrogens with zero attached hydrogens (tertiary/aromatic N) is 2. The number of carbonyl (C=O) groups excluding carboxylic acids is 2. The summed E-state index contributed by atoms with van der Waals surface area (Å²) < 4.78 is 5.13. The normalized spacial score (nSPS) is 14.3. The highest BCUT2D eigenvalue weighted by atomic mass is 16.5. The molecule has 1 aliphatic rings. The van der Waals surface area contributed by atoms with Crippen LogP contribution in [-0.2, 0) is 9.59 Å². The molecule has 0 aromatic heterocycles. The molecule has 0 radical (unpaired) electrons. The average molecular weight is 408 g/mol. The predicted molar refractivity (Wildman–Crippen MR) is 121 cm³/mol. The lowest BCUT2D eigenvalue weighted by Crippen LogP contribution is -2.49.